The summed E-state index contributed by atoms with van der Waals surface area (Å²) < 4.78 is 9.87. The zero-order valence-corrected chi connectivity index (χ0v) is 13.2. The van der Waals surface area contributed by atoms with Crippen LogP contribution in [0.3, 0.4) is 0 Å². The van der Waals surface area contributed by atoms with Crippen LogP contribution in [-0.2, 0) is 15.7 Å². The molecule has 0 amide bonds. The lowest BCUT2D eigenvalue weighted by molar-refractivity contribution is 0.0599. The first kappa shape index (κ1) is 16.1. The van der Waals surface area contributed by atoms with Gasteiger partial charge in [0.25, 0.3) is 0 Å². The largest absolute Gasteiger partial charge is 0.465 e. The van der Waals surface area contributed by atoms with Gasteiger partial charge in [-0.15, -0.1) is 0 Å². The summed E-state index contributed by atoms with van der Waals surface area (Å²) >= 11 is 0. The van der Waals surface area contributed by atoms with Crippen LogP contribution in [0.15, 0.2) is 12.1 Å². The van der Waals surface area contributed by atoms with Gasteiger partial charge in [-0.25, -0.2) is 4.79 Å². The third-order valence-corrected chi connectivity index (χ3v) is 3.97. The summed E-state index contributed by atoms with van der Waals surface area (Å²) in [7, 11) is 3.78. The molecule has 1 atom stereocenters. The zero-order chi connectivity index (χ0) is 14.3. The van der Waals surface area contributed by atoms with Gasteiger partial charge in [0.2, 0.25) is 0 Å². The molecular formula is C15H23O3P. The Kier molecular flexibility index (Phi) is 7.04. The molecule has 0 heterocycles. The summed E-state index contributed by atoms with van der Waals surface area (Å²) in [5, 5.41) is 0. The maximum atomic E-state index is 11.7. The van der Waals surface area contributed by atoms with Gasteiger partial charge in [-0.1, -0.05) is 12.1 Å². The molecule has 4 heteroatoms. The maximum absolute atomic E-state index is 11.7. The molecule has 1 aromatic rings. The SMILES string of the molecule is COPCCCCc1cc(C)c(C(=O)OC)c(C)c1. The Morgan fingerprint density at radius 2 is 1.79 bits per heavy atom. The van der Waals surface area contributed by atoms with E-state index in [1.54, 1.807) is 7.11 Å². The third kappa shape index (κ3) is 4.93. The Balaban J connectivity index is 2.65. The Labute approximate surface area is 117 Å². The highest BCUT2D eigenvalue weighted by molar-refractivity contribution is 7.32. The van der Waals surface area contributed by atoms with Crippen molar-refractivity contribution >= 4 is 14.8 Å². The lowest BCUT2D eigenvalue weighted by Crippen LogP contribution is -2.07. The Morgan fingerprint density at radius 3 is 2.32 bits per heavy atom. The molecule has 0 bridgehead atoms. The zero-order valence-electron chi connectivity index (χ0n) is 12.2. The average Bonchev–Trinajstić information content (AvgIpc) is 2.37. The Bertz CT molecular complexity index is 406. The second-order valence-electron chi connectivity index (χ2n) is 4.65. The number of aryl methyl sites for hydroxylation is 3. The Morgan fingerprint density at radius 1 is 1.16 bits per heavy atom. The van der Waals surface area contributed by atoms with Gasteiger partial charge in [0.15, 0.2) is 0 Å². The van der Waals surface area contributed by atoms with Crippen LogP contribution in [-0.4, -0.2) is 26.4 Å². The molecule has 106 valence electrons. The summed E-state index contributed by atoms with van der Waals surface area (Å²) in [6, 6.07) is 4.19. The number of benzene rings is 1. The number of carbonyl (C=O) groups is 1. The summed E-state index contributed by atoms with van der Waals surface area (Å²) in [4.78, 5) is 11.7. The molecule has 0 saturated heterocycles. The molecular weight excluding hydrogens is 259 g/mol. The van der Waals surface area contributed by atoms with E-state index in [1.165, 1.54) is 19.1 Å². The van der Waals surface area contributed by atoms with Crippen molar-refractivity contribution in [3.63, 3.8) is 0 Å². The minimum absolute atomic E-state index is 0.247. The van der Waals surface area contributed by atoms with E-state index in [4.69, 9.17) is 9.26 Å². The van der Waals surface area contributed by atoms with Gasteiger partial charge in [-0.3, -0.25) is 0 Å². The van der Waals surface area contributed by atoms with Gasteiger partial charge in [-0.05, 0) is 56.0 Å². The molecule has 0 fully saturated rings. The number of methoxy groups -OCH3 is 1. The van der Waals surface area contributed by atoms with Gasteiger partial charge in [-0.2, -0.15) is 0 Å². The van der Waals surface area contributed by atoms with Crippen LogP contribution in [0, 0.1) is 13.8 Å². The van der Waals surface area contributed by atoms with Gasteiger partial charge in [0.05, 0.1) is 12.7 Å². The first-order chi connectivity index (χ1) is 9.10. The molecule has 3 nitrogen and oxygen atoms in total. The number of rotatable bonds is 7. The lowest BCUT2D eigenvalue weighted by Gasteiger charge is -2.11. The van der Waals surface area contributed by atoms with E-state index < -0.39 is 0 Å². The average molecular weight is 282 g/mol. The van der Waals surface area contributed by atoms with Crippen molar-refractivity contribution in [2.24, 2.45) is 0 Å². The predicted molar refractivity (Wildman–Crippen MR) is 80.4 cm³/mol. The third-order valence-electron chi connectivity index (χ3n) is 3.12. The monoisotopic (exact) mass is 282 g/mol. The standard InChI is InChI=1S/C15H23O3P/c1-11-9-13(7-5-6-8-19-18-4)10-12(2)14(11)15(16)17-3/h9-10,19H,5-8H2,1-4H3. The van der Waals surface area contributed by atoms with Crippen molar-refractivity contribution in [2.45, 2.75) is 33.1 Å². The predicted octanol–water partition coefficient (Wildman–Crippen LogP) is 3.65. The van der Waals surface area contributed by atoms with E-state index in [0.29, 0.717) is 14.4 Å². The van der Waals surface area contributed by atoms with Crippen molar-refractivity contribution in [2.75, 3.05) is 20.4 Å². The van der Waals surface area contributed by atoms with Crippen LogP contribution in [0.25, 0.3) is 0 Å². The minimum atomic E-state index is -0.247. The number of unbranched alkanes of at least 4 members (excludes halogenated alkanes) is 1. The summed E-state index contributed by atoms with van der Waals surface area (Å²) in [6.07, 6.45) is 4.53. The number of hydrogen-bond acceptors (Lipinski definition) is 3. The van der Waals surface area contributed by atoms with E-state index in [-0.39, 0.29) is 5.97 Å². The number of hydrogen-bond donors (Lipinski definition) is 0. The van der Waals surface area contributed by atoms with Crippen LogP contribution in [0.5, 0.6) is 0 Å². The van der Waals surface area contributed by atoms with Crippen LogP contribution in [0.1, 0.15) is 39.9 Å². The highest BCUT2D eigenvalue weighted by Crippen LogP contribution is 2.20. The van der Waals surface area contributed by atoms with Crippen molar-refractivity contribution in [1.29, 1.82) is 0 Å². The summed E-state index contributed by atoms with van der Waals surface area (Å²) in [5.41, 5.74) is 4.00. The smallest absolute Gasteiger partial charge is 0.338 e. The van der Waals surface area contributed by atoms with Gasteiger partial charge in [0.1, 0.15) is 0 Å². The number of esters is 1. The van der Waals surface area contributed by atoms with Crippen molar-refractivity contribution in [3.8, 4) is 0 Å². The highest BCUT2D eigenvalue weighted by atomic mass is 31.1. The topological polar surface area (TPSA) is 35.5 Å². The molecule has 0 radical (unpaired) electrons. The van der Waals surface area contributed by atoms with Crippen LogP contribution in [0.2, 0.25) is 0 Å². The summed E-state index contributed by atoms with van der Waals surface area (Å²) in [5.74, 6) is -0.247. The van der Waals surface area contributed by atoms with Crippen molar-refractivity contribution in [1.82, 2.24) is 0 Å². The van der Waals surface area contributed by atoms with E-state index in [9.17, 15) is 4.79 Å². The van der Waals surface area contributed by atoms with E-state index in [0.717, 1.165) is 30.1 Å². The van der Waals surface area contributed by atoms with E-state index >= 15 is 0 Å². The maximum Gasteiger partial charge on any atom is 0.338 e. The molecule has 0 spiro atoms. The fourth-order valence-corrected chi connectivity index (χ4v) is 2.85. The molecule has 1 unspecified atom stereocenters. The molecule has 0 aromatic heterocycles. The molecule has 0 saturated carbocycles. The van der Waals surface area contributed by atoms with Gasteiger partial charge in [0, 0.05) is 15.9 Å². The lowest BCUT2D eigenvalue weighted by atomic mass is 9.97. The second-order valence-corrected chi connectivity index (χ2v) is 5.85. The molecule has 0 aliphatic rings. The van der Waals surface area contributed by atoms with Gasteiger partial charge >= 0.3 is 5.97 Å². The second kappa shape index (κ2) is 8.29. The fourth-order valence-electron chi connectivity index (χ4n) is 2.25. The fraction of sp³-hybridized carbons (Fsp3) is 0.533. The van der Waals surface area contributed by atoms with Crippen LogP contribution in [0.4, 0.5) is 0 Å². The van der Waals surface area contributed by atoms with Crippen LogP contribution < -0.4 is 0 Å². The molecule has 19 heavy (non-hydrogen) atoms. The Hall–Kier alpha value is -0.920. The highest BCUT2D eigenvalue weighted by Gasteiger charge is 2.13. The van der Waals surface area contributed by atoms with Crippen molar-refractivity contribution in [3.05, 3.63) is 34.4 Å². The molecule has 0 aliphatic heterocycles. The van der Waals surface area contributed by atoms with E-state index in [1.807, 2.05) is 13.8 Å². The van der Waals surface area contributed by atoms with E-state index in [2.05, 4.69) is 12.1 Å². The molecule has 0 aliphatic carbocycles. The summed E-state index contributed by atoms with van der Waals surface area (Å²) in [6.45, 7) is 3.93. The molecule has 0 N–H and O–H groups in total. The quantitative estimate of drug-likeness (QED) is 0.435. The number of ether oxygens (including phenoxy) is 1. The normalized spacial score (nSPS) is 11.2. The molecule has 1 rings (SSSR count). The van der Waals surface area contributed by atoms with Crippen molar-refractivity contribution < 1.29 is 14.1 Å². The first-order valence-corrected chi connectivity index (χ1v) is 7.66. The van der Waals surface area contributed by atoms with Crippen LogP contribution >= 0.6 is 8.81 Å². The molecule has 1 aromatic carbocycles. The number of carbonyl (C=O) groups excluding carboxylic acids is 1. The van der Waals surface area contributed by atoms with Gasteiger partial charge < -0.3 is 9.26 Å². The minimum Gasteiger partial charge on any atom is -0.465 e. The first-order valence-electron chi connectivity index (χ1n) is 6.54.